The van der Waals surface area contributed by atoms with Gasteiger partial charge in [-0.15, -0.1) is 0 Å². The average molecular weight is 596 g/mol. The van der Waals surface area contributed by atoms with Crippen molar-refractivity contribution in [1.82, 2.24) is 4.90 Å². The van der Waals surface area contributed by atoms with Crippen molar-refractivity contribution in [3.63, 3.8) is 0 Å². The molecule has 2 heterocycles. The van der Waals surface area contributed by atoms with E-state index >= 15 is 0 Å². The highest BCUT2D eigenvalue weighted by atomic mass is 32.2. The van der Waals surface area contributed by atoms with Crippen molar-refractivity contribution < 1.29 is 33.0 Å². The van der Waals surface area contributed by atoms with Gasteiger partial charge >= 0.3 is 6.09 Å². The van der Waals surface area contributed by atoms with Gasteiger partial charge in [0.15, 0.2) is 4.90 Å². The van der Waals surface area contributed by atoms with Crippen molar-refractivity contribution in [3.8, 4) is 5.75 Å². The van der Waals surface area contributed by atoms with Crippen LogP contribution < -0.4 is 4.74 Å². The number of ether oxygens (including phenoxy) is 5. The SMILES string of the molecule is CC(C)[S+]([O-])c1cccc(COCCOC2=CC=C(CCN3CC(c4ccc5c(c4)COC(C)(C)O5)OC3=O)CC2)c1. The van der Waals surface area contributed by atoms with Crippen molar-refractivity contribution in [2.24, 2.45) is 0 Å². The summed E-state index contributed by atoms with van der Waals surface area (Å²) >= 11 is -1.00. The van der Waals surface area contributed by atoms with Gasteiger partial charge in [-0.3, -0.25) is 0 Å². The van der Waals surface area contributed by atoms with Gasteiger partial charge in [0.1, 0.15) is 23.7 Å². The first kappa shape index (κ1) is 30.5. The summed E-state index contributed by atoms with van der Waals surface area (Å²) in [6.07, 6.45) is 6.08. The van der Waals surface area contributed by atoms with E-state index in [4.69, 9.17) is 23.7 Å². The van der Waals surface area contributed by atoms with Crippen LogP contribution in [0.4, 0.5) is 4.79 Å². The van der Waals surface area contributed by atoms with Crippen LogP contribution in [-0.2, 0) is 43.3 Å². The highest BCUT2D eigenvalue weighted by molar-refractivity contribution is 7.92. The maximum Gasteiger partial charge on any atom is 0.410 e. The number of allylic oxidation sites excluding steroid dienone is 3. The summed E-state index contributed by atoms with van der Waals surface area (Å²) in [6.45, 7) is 10.7. The van der Waals surface area contributed by atoms with Gasteiger partial charge in [-0.2, -0.15) is 0 Å². The molecule has 3 aliphatic rings. The second-order valence-corrected chi connectivity index (χ2v) is 13.6. The Morgan fingerprint density at radius 1 is 1.12 bits per heavy atom. The fourth-order valence-corrected chi connectivity index (χ4v) is 6.17. The van der Waals surface area contributed by atoms with E-state index in [1.807, 2.05) is 76.2 Å². The lowest BCUT2D eigenvalue weighted by molar-refractivity contribution is -0.180. The van der Waals surface area contributed by atoms with Gasteiger partial charge in [0, 0.05) is 32.4 Å². The number of hydrogen-bond donors (Lipinski definition) is 0. The zero-order chi connectivity index (χ0) is 29.7. The molecule has 8 nitrogen and oxygen atoms in total. The van der Waals surface area contributed by atoms with E-state index in [0.717, 1.165) is 52.4 Å². The normalized spacial score (nSPS) is 20.4. The fourth-order valence-electron chi connectivity index (χ4n) is 5.14. The zero-order valence-corrected chi connectivity index (χ0v) is 25.7. The molecule has 1 amide bonds. The Morgan fingerprint density at radius 3 is 2.76 bits per heavy atom. The molecule has 0 radical (unpaired) electrons. The van der Waals surface area contributed by atoms with E-state index in [-0.39, 0.29) is 17.4 Å². The molecule has 0 bridgehead atoms. The molecule has 2 aliphatic heterocycles. The molecule has 1 aliphatic carbocycles. The Balaban J connectivity index is 1.02. The predicted molar refractivity (Wildman–Crippen MR) is 160 cm³/mol. The molecular weight excluding hydrogens is 554 g/mol. The van der Waals surface area contributed by atoms with E-state index in [0.29, 0.717) is 39.5 Å². The number of nitrogens with zero attached hydrogens (tertiary/aromatic N) is 1. The molecule has 42 heavy (non-hydrogen) atoms. The van der Waals surface area contributed by atoms with Gasteiger partial charge in [0.05, 0.1) is 32.1 Å². The van der Waals surface area contributed by atoms with Crippen LogP contribution in [0.5, 0.6) is 5.75 Å². The largest absolute Gasteiger partial charge is 0.611 e. The Labute approximate surface area is 251 Å². The van der Waals surface area contributed by atoms with Crippen LogP contribution in [0.3, 0.4) is 0 Å². The summed E-state index contributed by atoms with van der Waals surface area (Å²) in [4.78, 5) is 15.2. The molecule has 9 heteroatoms. The summed E-state index contributed by atoms with van der Waals surface area (Å²) in [7, 11) is 0. The van der Waals surface area contributed by atoms with Gasteiger partial charge in [-0.05, 0) is 79.3 Å². The molecule has 2 atom stereocenters. The van der Waals surface area contributed by atoms with E-state index in [2.05, 4.69) is 6.08 Å². The number of hydrogen-bond acceptors (Lipinski definition) is 7. The number of fused-ring (bicyclic) bond motifs is 1. The number of cyclic esters (lactones) is 1. The van der Waals surface area contributed by atoms with Crippen LogP contribution in [-0.4, -0.2) is 52.9 Å². The van der Waals surface area contributed by atoms with Crippen molar-refractivity contribution >= 4 is 17.3 Å². The summed E-state index contributed by atoms with van der Waals surface area (Å²) in [6, 6.07) is 13.7. The number of amides is 1. The standard InChI is InChI=1S/C33H41NO7S/c1-23(2)42(36)29-7-5-6-25(18-29)21-37-16-17-38-28-11-8-24(9-12-28)14-15-34-20-31(40-32(34)35)26-10-13-30-27(19-26)22-39-33(3,4)41-30/h5-8,10-11,13,18-19,23,31H,9,12,14-17,20-22H2,1-4H3. The second kappa shape index (κ2) is 13.5. The van der Waals surface area contributed by atoms with Gasteiger partial charge in [0.2, 0.25) is 5.79 Å². The minimum absolute atomic E-state index is 0.0857. The van der Waals surface area contributed by atoms with Crippen LogP contribution in [0.2, 0.25) is 0 Å². The Hall–Kier alpha value is -2.98. The minimum Gasteiger partial charge on any atom is -0.611 e. The summed E-state index contributed by atoms with van der Waals surface area (Å²) in [5, 5.41) is 0.0857. The van der Waals surface area contributed by atoms with Gasteiger partial charge in [0.25, 0.3) is 0 Å². The smallest absolute Gasteiger partial charge is 0.410 e. The van der Waals surface area contributed by atoms with E-state index in [9.17, 15) is 9.35 Å². The van der Waals surface area contributed by atoms with E-state index in [1.54, 1.807) is 4.90 Å². The minimum atomic E-state index is -1.00. The van der Waals surface area contributed by atoms with Gasteiger partial charge in [-0.25, -0.2) is 4.79 Å². The van der Waals surface area contributed by atoms with Crippen molar-refractivity contribution in [1.29, 1.82) is 0 Å². The highest BCUT2D eigenvalue weighted by Gasteiger charge is 2.34. The second-order valence-electron chi connectivity index (χ2n) is 11.6. The quantitative estimate of drug-likeness (QED) is 0.203. The first-order valence-electron chi connectivity index (χ1n) is 14.7. The summed E-state index contributed by atoms with van der Waals surface area (Å²) in [5.74, 6) is 1.12. The van der Waals surface area contributed by atoms with E-state index < -0.39 is 17.0 Å². The van der Waals surface area contributed by atoms with Crippen molar-refractivity contribution in [3.05, 3.63) is 82.6 Å². The third-order valence-corrected chi connectivity index (χ3v) is 9.09. The lowest BCUT2D eigenvalue weighted by Crippen LogP contribution is -2.35. The van der Waals surface area contributed by atoms with Crippen LogP contribution in [0.1, 0.15) is 69.8 Å². The maximum absolute atomic E-state index is 12.6. The fraction of sp³-hybridized carbons (Fsp3) is 0.485. The third-order valence-electron chi connectivity index (χ3n) is 7.52. The van der Waals surface area contributed by atoms with Gasteiger partial charge in [-0.1, -0.05) is 29.8 Å². The molecule has 0 N–H and O–H groups in total. The lowest BCUT2D eigenvalue weighted by atomic mass is 10.0. The number of carbonyl (C=O) groups excluding carboxylic acids is 1. The number of benzene rings is 2. The van der Waals surface area contributed by atoms with Crippen molar-refractivity contribution in [2.45, 2.75) is 82.2 Å². The summed E-state index contributed by atoms with van der Waals surface area (Å²) < 4.78 is 41.4. The van der Waals surface area contributed by atoms with Crippen LogP contribution >= 0.6 is 0 Å². The molecule has 2 aromatic carbocycles. The maximum atomic E-state index is 12.6. The molecule has 5 rings (SSSR count). The molecule has 2 aromatic rings. The summed E-state index contributed by atoms with van der Waals surface area (Å²) in [5.41, 5.74) is 4.23. The van der Waals surface area contributed by atoms with E-state index in [1.165, 1.54) is 5.57 Å². The third kappa shape index (κ3) is 7.89. The molecular formula is C33H41NO7S. The lowest BCUT2D eigenvalue weighted by Gasteiger charge is -2.32. The molecule has 1 fully saturated rings. The molecule has 2 unspecified atom stereocenters. The monoisotopic (exact) mass is 595 g/mol. The van der Waals surface area contributed by atoms with Crippen LogP contribution in [0, 0.1) is 0 Å². The first-order valence-corrected chi connectivity index (χ1v) is 15.9. The van der Waals surface area contributed by atoms with Crippen LogP contribution in [0.15, 0.2) is 70.8 Å². The Morgan fingerprint density at radius 2 is 1.98 bits per heavy atom. The molecule has 0 saturated carbocycles. The molecule has 0 aromatic heterocycles. The van der Waals surface area contributed by atoms with Crippen molar-refractivity contribution in [2.75, 3.05) is 26.3 Å². The number of carbonyl (C=O) groups is 1. The highest BCUT2D eigenvalue weighted by Crippen LogP contribution is 2.35. The molecule has 226 valence electrons. The topological polar surface area (TPSA) is 89.5 Å². The Kier molecular flexibility index (Phi) is 9.83. The first-order chi connectivity index (χ1) is 20.2. The molecule has 1 saturated heterocycles. The van der Waals surface area contributed by atoms with Gasteiger partial charge < -0.3 is 33.1 Å². The zero-order valence-electron chi connectivity index (χ0n) is 24.9. The Bertz CT molecular complexity index is 1320. The van der Waals surface area contributed by atoms with Crippen LogP contribution in [0.25, 0.3) is 0 Å². The average Bonchev–Trinajstić information content (AvgIpc) is 3.35. The molecule has 0 spiro atoms. The number of rotatable bonds is 12. The predicted octanol–water partition coefficient (Wildman–Crippen LogP) is 6.57.